The molecule has 0 aliphatic heterocycles. The Morgan fingerprint density at radius 2 is 2.00 bits per heavy atom. The maximum Gasteiger partial charge on any atom is 0.132 e. The molecule has 0 saturated heterocycles. The van der Waals surface area contributed by atoms with Crippen LogP contribution < -0.4 is 5.73 Å². The summed E-state index contributed by atoms with van der Waals surface area (Å²) in [7, 11) is 0. The van der Waals surface area contributed by atoms with Gasteiger partial charge in [-0.25, -0.2) is 4.98 Å². The first-order chi connectivity index (χ1) is 10.6. The second-order valence-corrected chi connectivity index (χ2v) is 6.54. The number of aromatic amines is 1. The summed E-state index contributed by atoms with van der Waals surface area (Å²) in [6.07, 6.45) is 3.15. The molecule has 22 heavy (non-hydrogen) atoms. The number of rotatable bonds is 1. The fourth-order valence-electron chi connectivity index (χ4n) is 3.82. The Bertz CT molecular complexity index is 829. The monoisotopic (exact) mass is 291 g/mol. The molecule has 0 amide bonds. The number of fused-ring (bicyclic) bond motifs is 2. The second-order valence-electron chi connectivity index (χ2n) is 6.54. The van der Waals surface area contributed by atoms with Gasteiger partial charge < -0.3 is 10.7 Å². The first-order valence-electron chi connectivity index (χ1n) is 7.93. The maximum absolute atomic E-state index is 6.90. The lowest BCUT2D eigenvalue weighted by molar-refractivity contribution is 0.422. The lowest BCUT2D eigenvalue weighted by Gasteiger charge is -2.35. The van der Waals surface area contributed by atoms with Gasteiger partial charge in [-0.2, -0.15) is 0 Å². The zero-order valence-corrected chi connectivity index (χ0v) is 13.1. The molecule has 112 valence electrons. The Labute approximate surface area is 130 Å². The van der Waals surface area contributed by atoms with E-state index in [1.54, 1.807) is 0 Å². The number of imidazole rings is 1. The molecule has 3 nitrogen and oxygen atoms in total. The summed E-state index contributed by atoms with van der Waals surface area (Å²) in [5.74, 6) is 0.889. The van der Waals surface area contributed by atoms with E-state index in [4.69, 9.17) is 10.7 Å². The van der Waals surface area contributed by atoms with Crippen LogP contribution in [0.5, 0.6) is 0 Å². The number of hydrogen-bond donors (Lipinski definition) is 2. The Morgan fingerprint density at radius 3 is 2.82 bits per heavy atom. The van der Waals surface area contributed by atoms with Crippen LogP contribution in [0, 0.1) is 13.8 Å². The summed E-state index contributed by atoms with van der Waals surface area (Å²) in [5.41, 5.74) is 13.7. The molecule has 0 fully saturated rings. The highest BCUT2D eigenvalue weighted by Crippen LogP contribution is 2.39. The van der Waals surface area contributed by atoms with Gasteiger partial charge >= 0.3 is 0 Å². The van der Waals surface area contributed by atoms with Gasteiger partial charge in [-0.3, -0.25) is 0 Å². The molecular weight excluding hydrogens is 270 g/mol. The van der Waals surface area contributed by atoms with Crippen molar-refractivity contribution >= 4 is 11.0 Å². The first kappa shape index (κ1) is 13.5. The number of nitrogens with zero attached hydrogens (tertiary/aromatic N) is 1. The number of para-hydroxylation sites is 2. The quantitative estimate of drug-likeness (QED) is 0.718. The van der Waals surface area contributed by atoms with Gasteiger partial charge in [-0.15, -0.1) is 0 Å². The van der Waals surface area contributed by atoms with Crippen LogP contribution in [0.15, 0.2) is 36.4 Å². The molecular formula is C19H21N3. The minimum atomic E-state index is -0.511. The highest BCUT2D eigenvalue weighted by Gasteiger charge is 2.37. The third-order valence-corrected chi connectivity index (χ3v) is 4.91. The van der Waals surface area contributed by atoms with Crippen molar-refractivity contribution in [1.29, 1.82) is 0 Å². The molecule has 1 atom stereocenters. The third-order valence-electron chi connectivity index (χ3n) is 4.91. The summed E-state index contributed by atoms with van der Waals surface area (Å²) in [5, 5.41) is 0. The van der Waals surface area contributed by atoms with E-state index >= 15 is 0 Å². The number of nitrogens with two attached hydrogens (primary N) is 1. The number of hydrogen-bond acceptors (Lipinski definition) is 2. The molecule has 0 radical (unpaired) electrons. The lowest BCUT2D eigenvalue weighted by Crippen LogP contribution is -2.42. The van der Waals surface area contributed by atoms with Crippen molar-refractivity contribution in [2.75, 3.05) is 0 Å². The van der Waals surface area contributed by atoms with E-state index in [0.717, 1.165) is 36.1 Å². The molecule has 1 aliphatic carbocycles. The van der Waals surface area contributed by atoms with Crippen molar-refractivity contribution in [3.05, 3.63) is 64.5 Å². The minimum Gasteiger partial charge on any atom is -0.340 e. The lowest BCUT2D eigenvalue weighted by atomic mass is 9.74. The highest BCUT2D eigenvalue weighted by molar-refractivity contribution is 5.75. The number of aryl methyl sites for hydroxylation is 2. The van der Waals surface area contributed by atoms with Crippen molar-refractivity contribution in [1.82, 2.24) is 9.97 Å². The molecule has 3 aromatic rings. The predicted molar refractivity (Wildman–Crippen MR) is 89.9 cm³/mol. The zero-order valence-electron chi connectivity index (χ0n) is 13.1. The van der Waals surface area contributed by atoms with Crippen LogP contribution in [0.25, 0.3) is 11.0 Å². The minimum absolute atomic E-state index is 0.511. The number of benzene rings is 2. The van der Waals surface area contributed by atoms with Crippen LogP contribution in [0.2, 0.25) is 0 Å². The fourth-order valence-corrected chi connectivity index (χ4v) is 3.82. The van der Waals surface area contributed by atoms with Crippen LogP contribution >= 0.6 is 0 Å². The van der Waals surface area contributed by atoms with Gasteiger partial charge in [-0.1, -0.05) is 29.8 Å². The topological polar surface area (TPSA) is 54.7 Å². The molecule has 1 heterocycles. The largest absolute Gasteiger partial charge is 0.340 e. The van der Waals surface area contributed by atoms with Crippen LogP contribution in [-0.2, 0) is 12.0 Å². The maximum atomic E-state index is 6.90. The van der Waals surface area contributed by atoms with Crippen molar-refractivity contribution in [3.8, 4) is 0 Å². The van der Waals surface area contributed by atoms with Crippen molar-refractivity contribution in [2.24, 2.45) is 5.73 Å². The molecule has 4 rings (SSSR count). The van der Waals surface area contributed by atoms with Gasteiger partial charge in [0.25, 0.3) is 0 Å². The third kappa shape index (κ3) is 1.89. The average molecular weight is 291 g/mol. The van der Waals surface area contributed by atoms with Gasteiger partial charge in [-0.05, 0) is 61.9 Å². The number of H-pyrrole nitrogens is 1. The van der Waals surface area contributed by atoms with E-state index in [1.807, 2.05) is 18.2 Å². The summed E-state index contributed by atoms with van der Waals surface area (Å²) in [6.45, 7) is 4.33. The van der Waals surface area contributed by atoms with Crippen molar-refractivity contribution < 1.29 is 0 Å². The molecule has 3 heteroatoms. The van der Waals surface area contributed by atoms with Gasteiger partial charge in [0, 0.05) is 0 Å². The summed E-state index contributed by atoms with van der Waals surface area (Å²) in [6, 6.07) is 12.6. The van der Waals surface area contributed by atoms with Crippen molar-refractivity contribution in [2.45, 2.75) is 38.6 Å². The Kier molecular flexibility index (Phi) is 2.88. The Balaban J connectivity index is 1.95. The van der Waals surface area contributed by atoms with Crippen LogP contribution in [0.1, 0.15) is 40.9 Å². The molecule has 0 bridgehead atoms. The molecule has 2 aromatic carbocycles. The van der Waals surface area contributed by atoms with Crippen LogP contribution in [0.3, 0.4) is 0 Å². The van der Waals surface area contributed by atoms with Crippen LogP contribution in [-0.4, -0.2) is 9.97 Å². The summed E-state index contributed by atoms with van der Waals surface area (Å²) in [4.78, 5) is 8.24. The Hall–Kier alpha value is -2.13. The average Bonchev–Trinajstić information content (AvgIpc) is 2.93. The van der Waals surface area contributed by atoms with Crippen molar-refractivity contribution in [3.63, 3.8) is 0 Å². The van der Waals surface area contributed by atoms with E-state index in [0.29, 0.717) is 0 Å². The molecule has 0 spiro atoms. The van der Waals surface area contributed by atoms with E-state index in [2.05, 4.69) is 37.0 Å². The number of nitrogens with one attached hydrogen (secondary N) is 1. The molecule has 1 aliphatic rings. The van der Waals surface area contributed by atoms with Gasteiger partial charge in [0.1, 0.15) is 11.4 Å². The first-order valence-corrected chi connectivity index (χ1v) is 7.93. The predicted octanol–water partition coefficient (Wildman–Crippen LogP) is 3.72. The molecule has 0 saturated carbocycles. The SMILES string of the molecule is Cc1cc(C)c2c(c1)C(N)(c1nc3ccccc3[nH]1)CCC2. The van der Waals surface area contributed by atoms with E-state index in [1.165, 1.54) is 22.3 Å². The van der Waals surface area contributed by atoms with Gasteiger partial charge in [0.15, 0.2) is 0 Å². The molecule has 3 N–H and O–H groups in total. The standard InChI is InChI=1S/C19H21N3/c1-12-10-13(2)14-6-5-9-19(20,15(14)11-12)18-21-16-7-3-4-8-17(16)22-18/h3-4,7-8,10-11H,5-6,9,20H2,1-2H3,(H,21,22). The Morgan fingerprint density at radius 1 is 1.18 bits per heavy atom. The molecule has 1 aromatic heterocycles. The fraction of sp³-hybridized carbons (Fsp3) is 0.316. The normalized spacial score (nSPS) is 21.0. The summed E-state index contributed by atoms with van der Waals surface area (Å²) < 4.78 is 0. The van der Waals surface area contributed by atoms with Gasteiger partial charge in [0.2, 0.25) is 0 Å². The van der Waals surface area contributed by atoms with E-state index < -0.39 is 5.54 Å². The zero-order chi connectivity index (χ0) is 15.3. The van der Waals surface area contributed by atoms with E-state index in [-0.39, 0.29) is 0 Å². The summed E-state index contributed by atoms with van der Waals surface area (Å²) >= 11 is 0. The second kappa shape index (κ2) is 4.68. The van der Waals surface area contributed by atoms with E-state index in [9.17, 15) is 0 Å². The molecule has 1 unspecified atom stereocenters. The van der Waals surface area contributed by atoms with Gasteiger partial charge in [0.05, 0.1) is 11.0 Å². The smallest absolute Gasteiger partial charge is 0.132 e. The number of aromatic nitrogens is 2. The van der Waals surface area contributed by atoms with Crippen LogP contribution in [0.4, 0.5) is 0 Å². The highest BCUT2D eigenvalue weighted by atomic mass is 15.0.